The highest BCUT2D eigenvalue weighted by atomic mass is 35.5. The minimum absolute atomic E-state index is 0.0199. The monoisotopic (exact) mass is 492 g/mol. The second-order valence-electron chi connectivity index (χ2n) is 8.98. The third kappa shape index (κ3) is 5.32. The fourth-order valence-electron chi connectivity index (χ4n) is 4.48. The van der Waals surface area contributed by atoms with E-state index in [1.54, 1.807) is 35.2 Å². The number of halogens is 1. The molecule has 2 fully saturated rings. The van der Waals surface area contributed by atoms with Crippen LogP contribution in [0.2, 0.25) is 5.02 Å². The Morgan fingerprint density at radius 3 is 2.58 bits per heavy atom. The standard InChI is InChI=1S/C23H29ClN4O4S/c1-26(2)19-9-11-27(14-19)22(29)15-28-10-3-4-21(23(28)30)25-33(31,32)20-8-6-16-12-18(24)7-5-17(16)13-20/h5-8,12-13,19,21,25H,3-4,9-11,14-15H2,1-2H3. The van der Waals surface area contributed by atoms with E-state index in [2.05, 4.69) is 9.62 Å². The summed E-state index contributed by atoms with van der Waals surface area (Å²) in [5.74, 6) is -0.446. The molecule has 4 rings (SSSR count). The number of rotatable bonds is 6. The molecule has 2 aromatic carbocycles. The van der Waals surface area contributed by atoms with Crippen molar-refractivity contribution < 1.29 is 18.0 Å². The summed E-state index contributed by atoms with van der Waals surface area (Å²) in [6.07, 6.45) is 1.94. The molecule has 2 aliphatic heterocycles. The first kappa shape index (κ1) is 23.9. The maximum absolute atomic E-state index is 13.0. The molecule has 0 saturated carbocycles. The lowest BCUT2D eigenvalue weighted by atomic mass is 10.1. The van der Waals surface area contributed by atoms with Crippen LogP contribution in [-0.4, -0.2) is 87.3 Å². The number of benzene rings is 2. The van der Waals surface area contributed by atoms with E-state index in [0.29, 0.717) is 43.5 Å². The van der Waals surface area contributed by atoms with Gasteiger partial charge in [0.05, 0.1) is 11.4 Å². The lowest BCUT2D eigenvalue weighted by Gasteiger charge is -2.33. The van der Waals surface area contributed by atoms with Crippen LogP contribution in [0.5, 0.6) is 0 Å². The number of hydrogen-bond donors (Lipinski definition) is 1. The summed E-state index contributed by atoms with van der Waals surface area (Å²) < 4.78 is 28.6. The summed E-state index contributed by atoms with van der Waals surface area (Å²) in [5, 5.41) is 2.15. The van der Waals surface area contributed by atoms with E-state index in [-0.39, 0.29) is 23.3 Å². The van der Waals surface area contributed by atoms with Gasteiger partial charge in [0.15, 0.2) is 0 Å². The summed E-state index contributed by atoms with van der Waals surface area (Å²) in [6, 6.07) is 9.43. The summed E-state index contributed by atoms with van der Waals surface area (Å²) in [4.78, 5) is 31.2. The number of carbonyl (C=O) groups excluding carboxylic acids is 2. The van der Waals surface area contributed by atoms with Gasteiger partial charge in [0.1, 0.15) is 6.04 Å². The lowest BCUT2D eigenvalue weighted by molar-refractivity contribution is -0.142. The molecule has 0 aromatic heterocycles. The molecule has 2 heterocycles. The summed E-state index contributed by atoms with van der Waals surface area (Å²) in [6.45, 7) is 1.75. The topological polar surface area (TPSA) is 90.0 Å². The van der Waals surface area contributed by atoms with Gasteiger partial charge in [0.25, 0.3) is 0 Å². The fraction of sp³-hybridized carbons (Fsp3) is 0.478. The summed E-state index contributed by atoms with van der Waals surface area (Å²) in [7, 11) is 0.0784. The van der Waals surface area contributed by atoms with Crippen molar-refractivity contribution in [2.75, 3.05) is 40.3 Å². The Hall–Kier alpha value is -2.20. The molecule has 1 N–H and O–H groups in total. The maximum atomic E-state index is 13.0. The van der Waals surface area contributed by atoms with Crippen molar-refractivity contribution in [2.45, 2.75) is 36.2 Å². The molecular formula is C23H29ClN4O4S. The van der Waals surface area contributed by atoms with Crippen molar-refractivity contribution in [3.63, 3.8) is 0 Å². The van der Waals surface area contributed by atoms with Crippen LogP contribution < -0.4 is 4.72 Å². The Bertz CT molecular complexity index is 1170. The van der Waals surface area contributed by atoms with Crippen molar-refractivity contribution in [3.8, 4) is 0 Å². The van der Waals surface area contributed by atoms with Crippen LogP contribution in [0.15, 0.2) is 41.3 Å². The van der Waals surface area contributed by atoms with Crippen LogP contribution in [0.25, 0.3) is 10.8 Å². The van der Waals surface area contributed by atoms with Crippen molar-refractivity contribution in [1.29, 1.82) is 0 Å². The van der Waals surface area contributed by atoms with Gasteiger partial charge in [0.2, 0.25) is 21.8 Å². The van der Waals surface area contributed by atoms with Gasteiger partial charge >= 0.3 is 0 Å². The van der Waals surface area contributed by atoms with Gasteiger partial charge in [-0.2, -0.15) is 4.72 Å². The molecule has 2 atom stereocenters. The van der Waals surface area contributed by atoms with Gasteiger partial charge in [-0.25, -0.2) is 8.42 Å². The second-order valence-corrected chi connectivity index (χ2v) is 11.1. The molecular weight excluding hydrogens is 464 g/mol. The predicted octanol–water partition coefficient (Wildman–Crippen LogP) is 1.92. The van der Waals surface area contributed by atoms with Crippen molar-refractivity contribution >= 4 is 44.2 Å². The minimum Gasteiger partial charge on any atom is -0.340 e. The van der Waals surface area contributed by atoms with Gasteiger partial charge < -0.3 is 14.7 Å². The summed E-state index contributed by atoms with van der Waals surface area (Å²) >= 11 is 6.00. The Balaban J connectivity index is 1.42. The van der Waals surface area contributed by atoms with Gasteiger partial charge in [-0.15, -0.1) is 0 Å². The van der Waals surface area contributed by atoms with Crippen molar-refractivity contribution in [1.82, 2.24) is 19.4 Å². The van der Waals surface area contributed by atoms with Gasteiger partial charge in [-0.3, -0.25) is 9.59 Å². The molecule has 0 aliphatic carbocycles. The molecule has 178 valence electrons. The number of nitrogens with one attached hydrogen (secondary N) is 1. The van der Waals surface area contributed by atoms with E-state index in [1.807, 2.05) is 14.1 Å². The number of fused-ring (bicyclic) bond motifs is 1. The second kappa shape index (κ2) is 9.58. The van der Waals surface area contributed by atoms with Crippen LogP contribution >= 0.6 is 11.6 Å². The summed E-state index contributed by atoms with van der Waals surface area (Å²) in [5.41, 5.74) is 0. The molecule has 10 heteroatoms. The zero-order valence-corrected chi connectivity index (χ0v) is 20.4. The van der Waals surface area contributed by atoms with Gasteiger partial charge in [-0.1, -0.05) is 23.7 Å². The molecule has 2 aromatic rings. The predicted molar refractivity (Wildman–Crippen MR) is 128 cm³/mol. The zero-order valence-electron chi connectivity index (χ0n) is 18.8. The third-order valence-electron chi connectivity index (χ3n) is 6.48. The van der Waals surface area contributed by atoms with Gasteiger partial charge in [0, 0.05) is 30.7 Å². The number of carbonyl (C=O) groups is 2. The highest BCUT2D eigenvalue weighted by Gasteiger charge is 2.35. The van der Waals surface area contributed by atoms with Crippen LogP contribution in [0.1, 0.15) is 19.3 Å². The van der Waals surface area contributed by atoms with Crippen molar-refractivity contribution in [2.24, 2.45) is 0 Å². The number of nitrogens with zero attached hydrogens (tertiary/aromatic N) is 3. The molecule has 0 radical (unpaired) electrons. The first-order valence-corrected chi connectivity index (χ1v) is 12.9. The van der Waals surface area contributed by atoms with Crippen LogP contribution in [0.4, 0.5) is 0 Å². The van der Waals surface area contributed by atoms with E-state index in [9.17, 15) is 18.0 Å². The number of likely N-dealkylation sites (N-methyl/N-ethyl adjacent to an activating group) is 1. The largest absolute Gasteiger partial charge is 0.340 e. The molecule has 0 spiro atoms. The quantitative estimate of drug-likeness (QED) is 0.665. The molecule has 8 nitrogen and oxygen atoms in total. The average Bonchev–Trinajstić information content (AvgIpc) is 3.27. The lowest BCUT2D eigenvalue weighted by Crippen LogP contribution is -2.54. The average molecular weight is 493 g/mol. The number of hydrogen-bond acceptors (Lipinski definition) is 5. The number of amides is 2. The highest BCUT2D eigenvalue weighted by Crippen LogP contribution is 2.24. The molecule has 2 unspecified atom stereocenters. The van der Waals surface area contributed by atoms with Crippen LogP contribution in [-0.2, 0) is 19.6 Å². The Kier molecular flexibility index (Phi) is 6.95. The van der Waals surface area contributed by atoms with E-state index < -0.39 is 16.1 Å². The van der Waals surface area contributed by atoms with Crippen LogP contribution in [0.3, 0.4) is 0 Å². The number of piperidine rings is 1. The van der Waals surface area contributed by atoms with E-state index in [1.165, 1.54) is 11.0 Å². The molecule has 0 bridgehead atoms. The first-order chi connectivity index (χ1) is 15.6. The minimum atomic E-state index is -3.91. The maximum Gasteiger partial charge on any atom is 0.242 e. The van der Waals surface area contributed by atoms with E-state index >= 15 is 0 Å². The Morgan fingerprint density at radius 2 is 1.85 bits per heavy atom. The third-order valence-corrected chi connectivity index (χ3v) is 8.19. The molecule has 33 heavy (non-hydrogen) atoms. The normalized spacial score (nSPS) is 21.9. The SMILES string of the molecule is CN(C)C1CCN(C(=O)CN2CCCC(NS(=O)(=O)c3ccc4cc(Cl)ccc4c3)C2=O)C1. The molecule has 2 saturated heterocycles. The first-order valence-electron chi connectivity index (χ1n) is 11.1. The zero-order chi connectivity index (χ0) is 23.8. The van der Waals surface area contributed by atoms with E-state index in [4.69, 9.17) is 11.6 Å². The fourth-order valence-corrected chi connectivity index (χ4v) is 5.92. The Labute approximate surface area is 199 Å². The molecule has 2 aliphatic rings. The van der Waals surface area contributed by atoms with Gasteiger partial charge in [-0.05, 0) is 68.4 Å². The number of likely N-dealkylation sites (tertiary alicyclic amines) is 2. The van der Waals surface area contributed by atoms with Crippen LogP contribution in [0, 0.1) is 0 Å². The smallest absolute Gasteiger partial charge is 0.242 e. The van der Waals surface area contributed by atoms with Crippen molar-refractivity contribution in [3.05, 3.63) is 41.4 Å². The Morgan fingerprint density at radius 1 is 1.12 bits per heavy atom. The van der Waals surface area contributed by atoms with E-state index in [0.717, 1.165) is 17.2 Å². The number of sulfonamides is 1. The highest BCUT2D eigenvalue weighted by molar-refractivity contribution is 7.89. The molecule has 2 amide bonds.